The summed E-state index contributed by atoms with van der Waals surface area (Å²) in [6.07, 6.45) is 0. The van der Waals surface area contributed by atoms with Gasteiger partial charge in [0.1, 0.15) is 5.52 Å². The number of fused-ring (bicyclic) bond motifs is 1. The topological polar surface area (TPSA) is 43.1 Å². The highest BCUT2D eigenvalue weighted by Gasteiger charge is 2.24. The Morgan fingerprint density at radius 1 is 1.35 bits per heavy atom. The molecule has 1 heterocycles. The van der Waals surface area contributed by atoms with Gasteiger partial charge in [-0.2, -0.15) is 0 Å². The third kappa shape index (κ3) is 2.17. The first-order chi connectivity index (χ1) is 7.80. The average Bonchev–Trinajstić information content (AvgIpc) is 2.62. The lowest BCUT2D eigenvalue weighted by Crippen LogP contribution is -2.10. The summed E-state index contributed by atoms with van der Waals surface area (Å²) in [4.78, 5) is 15.6. The van der Waals surface area contributed by atoms with E-state index in [1.54, 1.807) is 6.07 Å². The third-order valence-corrected chi connectivity index (χ3v) is 2.86. The number of hydrogen-bond donors (Lipinski definition) is 0. The molecule has 0 fully saturated rings. The Hall–Kier alpha value is -1.06. The zero-order chi connectivity index (χ0) is 12.8. The molecule has 17 heavy (non-hydrogen) atoms. The lowest BCUT2D eigenvalue weighted by Gasteiger charge is -2.11. The van der Waals surface area contributed by atoms with Crippen LogP contribution in [0.3, 0.4) is 0 Å². The van der Waals surface area contributed by atoms with Crippen LogP contribution in [0.2, 0.25) is 5.02 Å². The molecule has 2 aromatic rings. The van der Waals surface area contributed by atoms with Crippen molar-refractivity contribution < 1.29 is 9.21 Å². The quantitative estimate of drug-likeness (QED) is 0.732. The van der Waals surface area contributed by atoms with E-state index in [1.807, 2.05) is 20.8 Å². The molecular formula is C12H11Cl2NO2. The summed E-state index contributed by atoms with van der Waals surface area (Å²) in [7, 11) is 0. The van der Waals surface area contributed by atoms with Crippen LogP contribution in [0, 0.1) is 0 Å². The fraction of sp³-hybridized carbons (Fsp3) is 0.333. The number of halogens is 2. The van der Waals surface area contributed by atoms with Crippen LogP contribution in [0.5, 0.6) is 0 Å². The van der Waals surface area contributed by atoms with Crippen molar-refractivity contribution >= 4 is 39.5 Å². The van der Waals surface area contributed by atoms with E-state index in [0.717, 1.165) is 0 Å². The Morgan fingerprint density at radius 3 is 2.53 bits per heavy atom. The van der Waals surface area contributed by atoms with Gasteiger partial charge < -0.3 is 4.42 Å². The standard InChI is InChI=1S/C12H11Cl2NO2/c1-12(2,3)11-15-8-7(13)5-4-6(10(14)16)9(8)17-11/h4-5H,1-3H3. The van der Waals surface area contributed by atoms with Gasteiger partial charge >= 0.3 is 0 Å². The summed E-state index contributed by atoms with van der Waals surface area (Å²) in [5.41, 5.74) is 0.856. The van der Waals surface area contributed by atoms with Gasteiger partial charge in [0.2, 0.25) is 5.89 Å². The second-order valence-corrected chi connectivity index (χ2v) is 5.57. The largest absolute Gasteiger partial charge is 0.439 e. The van der Waals surface area contributed by atoms with E-state index >= 15 is 0 Å². The van der Waals surface area contributed by atoms with Crippen molar-refractivity contribution in [2.24, 2.45) is 0 Å². The van der Waals surface area contributed by atoms with Gasteiger partial charge in [-0.1, -0.05) is 32.4 Å². The predicted octanol–water partition coefficient (Wildman–Crippen LogP) is 4.16. The van der Waals surface area contributed by atoms with Gasteiger partial charge in [0.25, 0.3) is 5.24 Å². The zero-order valence-electron chi connectivity index (χ0n) is 9.67. The summed E-state index contributed by atoms with van der Waals surface area (Å²) in [5.74, 6) is 0.528. The molecule has 0 unspecified atom stereocenters. The minimum absolute atomic E-state index is 0.255. The number of oxazole rings is 1. The highest BCUT2D eigenvalue weighted by Crippen LogP contribution is 2.32. The van der Waals surface area contributed by atoms with Gasteiger partial charge in [-0.15, -0.1) is 0 Å². The Bertz CT molecular complexity index is 596. The zero-order valence-corrected chi connectivity index (χ0v) is 11.2. The number of carbonyl (C=O) groups is 1. The van der Waals surface area contributed by atoms with Gasteiger partial charge in [-0.3, -0.25) is 4.79 Å². The molecule has 0 aliphatic heterocycles. The first-order valence-corrected chi connectivity index (χ1v) is 5.85. The first kappa shape index (κ1) is 12.4. The average molecular weight is 272 g/mol. The fourth-order valence-electron chi connectivity index (χ4n) is 1.45. The van der Waals surface area contributed by atoms with Crippen LogP contribution in [-0.2, 0) is 5.41 Å². The molecule has 0 radical (unpaired) electrons. The molecule has 0 saturated heterocycles. The Kier molecular flexibility index (Phi) is 2.92. The summed E-state index contributed by atoms with van der Waals surface area (Å²) in [6, 6.07) is 3.13. The number of carbonyl (C=O) groups excluding carboxylic acids is 1. The minimum atomic E-state index is -0.580. The van der Waals surface area contributed by atoms with Crippen molar-refractivity contribution in [3.63, 3.8) is 0 Å². The molecule has 0 amide bonds. The SMILES string of the molecule is CC(C)(C)c1nc2c(Cl)ccc(C(=O)Cl)c2o1. The van der Waals surface area contributed by atoms with Crippen molar-refractivity contribution in [3.8, 4) is 0 Å². The predicted molar refractivity (Wildman–Crippen MR) is 67.9 cm³/mol. The van der Waals surface area contributed by atoms with Crippen LogP contribution in [-0.4, -0.2) is 10.2 Å². The Labute approximate surface area is 109 Å². The van der Waals surface area contributed by atoms with E-state index in [4.69, 9.17) is 27.6 Å². The molecule has 90 valence electrons. The number of hydrogen-bond acceptors (Lipinski definition) is 3. The molecular weight excluding hydrogens is 261 g/mol. The molecule has 2 rings (SSSR count). The van der Waals surface area contributed by atoms with E-state index in [1.165, 1.54) is 6.07 Å². The molecule has 5 heteroatoms. The van der Waals surface area contributed by atoms with Crippen molar-refractivity contribution in [1.29, 1.82) is 0 Å². The smallest absolute Gasteiger partial charge is 0.256 e. The molecule has 3 nitrogen and oxygen atoms in total. The van der Waals surface area contributed by atoms with Crippen LogP contribution >= 0.6 is 23.2 Å². The van der Waals surface area contributed by atoms with Crippen LogP contribution in [0.25, 0.3) is 11.1 Å². The molecule has 0 aliphatic carbocycles. The van der Waals surface area contributed by atoms with Crippen LogP contribution in [0.15, 0.2) is 16.5 Å². The van der Waals surface area contributed by atoms with Crippen LogP contribution in [0.1, 0.15) is 37.0 Å². The molecule has 0 N–H and O–H groups in total. The monoisotopic (exact) mass is 271 g/mol. The normalized spacial score (nSPS) is 12.1. The van der Waals surface area contributed by atoms with Gasteiger partial charge in [-0.25, -0.2) is 4.98 Å². The van der Waals surface area contributed by atoms with Crippen molar-refractivity contribution in [1.82, 2.24) is 4.98 Å². The van der Waals surface area contributed by atoms with Gasteiger partial charge in [0.15, 0.2) is 5.58 Å². The molecule has 0 saturated carbocycles. The van der Waals surface area contributed by atoms with Crippen molar-refractivity contribution in [3.05, 3.63) is 28.6 Å². The van der Waals surface area contributed by atoms with E-state index in [2.05, 4.69) is 4.98 Å². The molecule has 0 spiro atoms. The number of rotatable bonds is 1. The highest BCUT2D eigenvalue weighted by molar-refractivity contribution is 6.68. The summed E-state index contributed by atoms with van der Waals surface area (Å²) in [6.45, 7) is 5.90. The lowest BCUT2D eigenvalue weighted by molar-refractivity contribution is 0.108. The maximum absolute atomic E-state index is 11.3. The Morgan fingerprint density at radius 2 is 2.00 bits per heavy atom. The maximum atomic E-state index is 11.3. The Balaban J connectivity index is 2.79. The fourth-order valence-corrected chi connectivity index (χ4v) is 1.79. The number of nitrogens with zero attached hydrogens (tertiary/aromatic N) is 1. The molecule has 1 aromatic carbocycles. The van der Waals surface area contributed by atoms with Gasteiger partial charge in [-0.05, 0) is 23.7 Å². The maximum Gasteiger partial charge on any atom is 0.256 e. The minimum Gasteiger partial charge on any atom is -0.439 e. The van der Waals surface area contributed by atoms with Crippen molar-refractivity contribution in [2.75, 3.05) is 0 Å². The van der Waals surface area contributed by atoms with E-state index in [-0.39, 0.29) is 11.0 Å². The van der Waals surface area contributed by atoms with E-state index in [0.29, 0.717) is 22.0 Å². The van der Waals surface area contributed by atoms with E-state index < -0.39 is 5.24 Å². The van der Waals surface area contributed by atoms with Crippen LogP contribution < -0.4 is 0 Å². The first-order valence-electron chi connectivity index (χ1n) is 5.10. The molecule has 0 aliphatic rings. The lowest BCUT2D eigenvalue weighted by atomic mass is 9.97. The molecule has 1 aromatic heterocycles. The second kappa shape index (κ2) is 4.00. The second-order valence-electron chi connectivity index (χ2n) is 4.82. The van der Waals surface area contributed by atoms with E-state index in [9.17, 15) is 4.79 Å². The number of aromatic nitrogens is 1. The van der Waals surface area contributed by atoms with Gasteiger partial charge in [0.05, 0.1) is 10.6 Å². The highest BCUT2D eigenvalue weighted by atomic mass is 35.5. The molecule has 0 atom stereocenters. The van der Waals surface area contributed by atoms with Crippen molar-refractivity contribution in [2.45, 2.75) is 26.2 Å². The van der Waals surface area contributed by atoms with Gasteiger partial charge in [0, 0.05) is 5.41 Å². The summed E-state index contributed by atoms with van der Waals surface area (Å²) >= 11 is 11.5. The molecule has 0 bridgehead atoms. The summed E-state index contributed by atoms with van der Waals surface area (Å²) < 4.78 is 5.60. The third-order valence-electron chi connectivity index (χ3n) is 2.35. The van der Waals surface area contributed by atoms with Crippen LogP contribution in [0.4, 0.5) is 0 Å². The summed E-state index contributed by atoms with van der Waals surface area (Å²) in [5, 5.41) is -0.135. The number of benzene rings is 1.